The van der Waals surface area contributed by atoms with Gasteiger partial charge in [-0.1, -0.05) is 71.2 Å². The van der Waals surface area contributed by atoms with Crippen LogP contribution < -0.4 is 4.90 Å². The van der Waals surface area contributed by atoms with Crippen LogP contribution in [0.1, 0.15) is 22.3 Å². The molecule has 1 amide bonds. The van der Waals surface area contributed by atoms with Crippen LogP contribution in [0.5, 0.6) is 0 Å². The summed E-state index contributed by atoms with van der Waals surface area (Å²) in [5.74, 6) is 0.397. The third-order valence-corrected chi connectivity index (χ3v) is 5.25. The summed E-state index contributed by atoms with van der Waals surface area (Å²) in [6.07, 6.45) is 1.70. The van der Waals surface area contributed by atoms with Gasteiger partial charge in [-0.25, -0.2) is 4.99 Å². The van der Waals surface area contributed by atoms with Crippen LogP contribution in [-0.2, 0) is 4.79 Å². The maximum atomic E-state index is 13.3. The molecule has 1 aliphatic heterocycles. The Balaban J connectivity index is 1.84. The van der Waals surface area contributed by atoms with E-state index in [4.69, 9.17) is 23.2 Å². The molecule has 0 atom stereocenters. The molecule has 0 aromatic heterocycles. The first-order valence-electron chi connectivity index (χ1n) is 9.16. The van der Waals surface area contributed by atoms with E-state index in [1.54, 1.807) is 29.2 Å². The maximum Gasteiger partial charge on any atom is 0.282 e. The molecular formula is C24H18Cl2N2O. The number of anilines is 1. The van der Waals surface area contributed by atoms with E-state index in [1.165, 1.54) is 0 Å². The van der Waals surface area contributed by atoms with Gasteiger partial charge in [0.05, 0.1) is 5.69 Å². The van der Waals surface area contributed by atoms with Crippen LogP contribution in [-0.4, -0.2) is 11.7 Å². The molecule has 3 aromatic carbocycles. The molecule has 0 aliphatic carbocycles. The van der Waals surface area contributed by atoms with Gasteiger partial charge in [0, 0.05) is 15.6 Å². The second kappa shape index (κ2) is 7.86. The topological polar surface area (TPSA) is 32.7 Å². The minimum absolute atomic E-state index is 0.197. The molecule has 0 bridgehead atoms. The first kappa shape index (κ1) is 19.4. The normalized spacial score (nSPS) is 15.2. The van der Waals surface area contributed by atoms with Crippen molar-refractivity contribution in [2.24, 2.45) is 4.99 Å². The molecule has 0 unspecified atom stereocenters. The van der Waals surface area contributed by atoms with E-state index in [0.717, 1.165) is 22.4 Å². The Morgan fingerprint density at radius 3 is 2.34 bits per heavy atom. The van der Waals surface area contributed by atoms with Crippen LogP contribution in [0, 0.1) is 13.8 Å². The number of aliphatic imine (C=N–C) groups is 1. The number of carbonyl (C=O) groups excluding carboxylic acids is 1. The number of hydrogen-bond donors (Lipinski definition) is 0. The fourth-order valence-electron chi connectivity index (χ4n) is 3.19. The first-order chi connectivity index (χ1) is 13.9. The Hall–Kier alpha value is -2.88. The van der Waals surface area contributed by atoms with E-state index >= 15 is 0 Å². The monoisotopic (exact) mass is 420 g/mol. The van der Waals surface area contributed by atoms with Gasteiger partial charge in [0.2, 0.25) is 0 Å². The van der Waals surface area contributed by atoms with Crippen LogP contribution in [0.4, 0.5) is 5.69 Å². The van der Waals surface area contributed by atoms with Crippen LogP contribution in [0.25, 0.3) is 6.08 Å². The third-order valence-electron chi connectivity index (χ3n) is 4.68. The highest BCUT2D eigenvalue weighted by atomic mass is 35.5. The van der Waals surface area contributed by atoms with Crippen molar-refractivity contribution < 1.29 is 4.79 Å². The largest absolute Gasteiger partial charge is 0.282 e. The first-order valence-corrected chi connectivity index (χ1v) is 9.91. The Morgan fingerprint density at radius 2 is 1.66 bits per heavy atom. The Labute approximate surface area is 179 Å². The predicted molar refractivity (Wildman–Crippen MR) is 121 cm³/mol. The summed E-state index contributed by atoms with van der Waals surface area (Å²) in [7, 11) is 0. The number of nitrogens with zero attached hydrogens (tertiary/aromatic N) is 2. The number of carbonyl (C=O) groups is 1. The van der Waals surface area contributed by atoms with Gasteiger partial charge in [-0.15, -0.1) is 0 Å². The Kier molecular flexibility index (Phi) is 5.27. The van der Waals surface area contributed by atoms with E-state index in [2.05, 4.69) is 4.99 Å². The van der Waals surface area contributed by atoms with Crippen molar-refractivity contribution in [1.82, 2.24) is 0 Å². The molecule has 0 saturated heterocycles. The number of amidine groups is 1. The molecule has 3 aromatic rings. The molecule has 0 radical (unpaired) electrons. The lowest BCUT2D eigenvalue weighted by Gasteiger charge is -2.19. The van der Waals surface area contributed by atoms with Crippen molar-refractivity contribution in [2.45, 2.75) is 13.8 Å². The predicted octanol–water partition coefficient (Wildman–Crippen LogP) is 6.44. The average Bonchev–Trinajstić information content (AvgIpc) is 3.01. The second-order valence-electron chi connectivity index (χ2n) is 6.98. The van der Waals surface area contributed by atoms with Crippen LogP contribution in [0.15, 0.2) is 77.4 Å². The quantitative estimate of drug-likeness (QED) is 0.448. The summed E-state index contributed by atoms with van der Waals surface area (Å²) in [6, 6.07) is 20.9. The zero-order valence-electron chi connectivity index (χ0n) is 16.0. The number of hydrogen-bond acceptors (Lipinski definition) is 2. The second-order valence-corrected chi connectivity index (χ2v) is 7.82. The third kappa shape index (κ3) is 3.98. The minimum Gasteiger partial charge on any atom is -0.266 e. The minimum atomic E-state index is -0.197. The van der Waals surface area contributed by atoms with Gasteiger partial charge in [-0.3, -0.25) is 9.69 Å². The maximum absolute atomic E-state index is 13.3. The van der Waals surface area contributed by atoms with Crippen molar-refractivity contribution >= 4 is 46.7 Å². The van der Waals surface area contributed by atoms with Gasteiger partial charge in [-0.05, 0) is 55.3 Å². The molecule has 0 fully saturated rings. The molecular weight excluding hydrogens is 403 g/mol. The number of amides is 1. The summed E-state index contributed by atoms with van der Waals surface area (Å²) in [5.41, 5.74) is 4.88. The van der Waals surface area contributed by atoms with Gasteiger partial charge in [0.25, 0.3) is 5.91 Å². The highest BCUT2D eigenvalue weighted by Crippen LogP contribution is 2.30. The van der Waals surface area contributed by atoms with Crippen molar-refractivity contribution in [3.05, 3.63) is 105 Å². The molecule has 3 nitrogen and oxygen atoms in total. The van der Waals surface area contributed by atoms with Crippen LogP contribution in [0.2, 0.25) is 10.0 Å². The van der Waals surface area contributed by atoms with Crippen LogP contribution in [0.3, 0.4) is 0 Å². The van der Waals surface area contributed by atoms with Gasteiger partial charge in [0.15, 0.2) is 0 Å². The average molecular weight is 421 g/mol. The smallest absolute Gasteiger partial charge is 0.266 e. The number of rotatable bonds is 3. The molecule has 29 heavy (non-hydrogen) atoms. The number of aryl methyl sites for hydroxylation is 2. The fraction of sp³-hybridized carbons (Fsp3) is 0.0833. The van der Waals surface area contributed by atoms with E-state index in [0.29, 0.717) is 27.1 Å². The summed E-state index contributed by atoms with van der Waals surface area (Å²) in [4.78, 5) is 19.6. The highest BCUT2D eigenvalue weighted by molar-refractivity contribution is 6.36. The molecule has 4 rings (SSSR count). The van der Waals surface area contributed by atoms with E-state index in [1.807, 2.05) is 62.4 Å². The van der Waals surface area contributed by atoms with E-state index in [9.17, 15) is 4.79 Å². The molecule has 144 valence electrons. The number of halogens is 2. The SMILES string of the molecule is Cc1ccc(C2=N/C(=C/c3ccc(Cl)cc3Cl)C(=O)N2c2cccc(C)c2)cc1. The molecule has 0 saturated carbocycles. The zero-order valence-corrected chi connectivity index (χ0v) is 17.5. The van der Waals surface area contributed by atoms with Crippen molar-refractivity contribution in [3.8, 4) is 0 Å². The lowest BCUT2D eigenvalue weighted by atomic mass is 10.1. The zero-order chi connectivity index (χ0) is 20.5. The molecule has 1 aliphatic rings. The van der Waals surface area contributed by atoms with Gasteiger partial charge >= 0.3 is 0 Å². The summed E-state index contributed by atoms with van der Waals surface area (Å²) in [6.45, 7) is 4.02. The fourth-order valence-corrected chi connectivity index (χ4v) is 3.65. The van der Waals surface area contributed by atoms with Crippen molar-refractivity contribution in [3.63, 3.8) is 0 Å². The highest BCUT2D eigenvalue weighted by Gasteiger charge is 2.32. The molecule has 0 spiro atoms. The Bertz CT molecular complexity index is 1160. The van der Waals surface area contributed by atoms with Gasteiger partial charge < -0.3 is 0 Å². The summed E-state index contributed by atoms with van der Waals surface area (Å²) >= 11 is 12.3. The van der Waals surface area contributed by atoms with Crippen LogP contribution >= 0.6 is 23.2 Å². The van der Waals surface area contributed by atoms with Crippen molar-refractivity contribution in [2.75, 3.05) is 4.90 Å². The Morgan fingerprint density at radius 1 is 0.897 bits per heavy atom. The van der Waals surface area contributed by atoms with Crippen molar-refractivity contribution in [1.29, 1.82) is 0 Å². The van der Waals surface area contributed by atoms with E-state index in [-0.39, 0.29) is 5.91 Å². The molecule has 0 N–H and O–H groups in total. The number of benzene rings is 3. The van der Waals surface area contributed by atoms with E-state index < -0.39 is 0 Å². The summed E-state index contributed by atoms with van der Waals surface area (Å²) in [5, 5.41) is 1.01. The molecule has 1 heterocycles. The van der Waals surface area contributed by atoms with Gasteiger partial charge in [-0.2, -0.15) is 0 Å². The molecule has 5 heteroatoms. The van der Waals surface area contributed by atoms with Gasteiger partial charge in [0.1, 0.15) is 11.5 Å². The standard InChI is InChI=1S/C24H18Cl2N2O/c1-15-6-8-17(9-7-15)23-27-22(13-18-10-11-19(25)14-21(18)26)24(29)28(23)20-5-3-4-16(2)12-20/h3-14H,1-2H3/b22-13+. The lowest BCUT2D eigenvalue weighted by molar-refractivity contribution is -0.113. The summed E-state index contributed by atoms with van der Waals surface area (Å²) < 4.78 is 0. The lowest BCUT2D eigenvalue weighted by Crippen LogP contribution is -2.32.